The topological polar surface area (TPSA) is 163 Å². The van der Waals surface area contributed by atoms with Crippen molar-refractivity contribution in [2.45, 2.75) is 89.9 Å². The van der Waals surface area contributed by atoms with Crippen LogP contribution in [0.25, 0.3) is 0 Å². The van der Waals surface area contributed by atoms with Crippen molar-refractivity contribution in [2.24, 2.45) is 11.3 Å². The van der Waals surface area contributed by atoms with E-state index in [0.29, 0.717) is 0 Å². The molecule has 1 heterocycles. The van der Waals surface area contributed by atoms with Crippen molar-refractivity contribution < 1.29 is 51.7 Å². The lowest BCUT2D eigenvalue weighted by atomic mass is 9.85. The Morgan fingerprint density at radius 1 is 1.09 bits per heavy atom. The van der Waals surface area contributed by atoms with Crippen molar-refractivity contribution >= 4 is 35.7 Å². The third-order valence-electron chi connectivity index (χ3n) is 7.36. The summed E-state index contributed by atoms with van der Waals surface area (Å²) >= 11 is 0. The minimum atomic E-state index is -4.65. The first-order valence-electron chi connectivity index (χ1n) is 14.2. The van der Waals surface area contributed by atoms with Gasteiger partial charge in [0.25, 0.3) is 0 Å². The van der Waals surface area contributed by atoms with Crippen LogP contribution in [0.2, 0.25) is 0 Å². The quantitative estimate of drug-likeness (QED) is 0.306. The van der Waals surface area contributed by atoms with E-state index in [1.165, 1.54) is 12.1 Å². The molecule has 5 unspecified atom stereocenters. The van der Waals surface area contributed by atoms with Gasteiger partial charge in [0.1, 0.15) is 29.3 Å². The summed E-state index contributed by atoms with van der Waals surface area (Å²) in [5.41, 5.74) is -4.59. The van der Waals surface area contributed by atoms with Crippen LogP contribution in [0.4, 0.5) is 28.4 Å². The Hall–Kier alpha value is -4.30. The first-order valence-corrected chi connectivity index (χ1v) is 14.2. The number of nitrogens with one attached hydrogen (secondary N) is 3. The van der Waals surface area contributed by atoms with Crippen molar-refractivity contribution in [3.05, 3.63) is 42.5 Å². The molecule has 45 heavy (non-hydrogen) atoms. The molecule has 3 rings (SSSR count). The molecule has 2 fully saturated rings. The van der Waals surface area contributed by atoms with Crippen molar-refractivity contribution in [1.82, 2.24) is 15.5 Å². The van der Waals surface area contributed by atoms with Crippen LogP contribution in [0, 0.1) is 11.3 Å². The monoisotopic (exact) mass is 640 g/mol. The number of anilines is 1. The summed E-state index contributed by atoms with van der Waals surface area (Å²) < 4.78 is 50.0. The number of benzene rings is 1. The second-order valence-corrected chi connectivity index (χ2v) is 13.2. The number of alkyl carbamates (subject to hydrolysis) is 1. The van der Waals surface area contributed by atoms with Gasteiger partial charge in [-0.1, -0.05) is 32.9 Å². The third-order valence-corrected chi connectivity index (χ3v) is 7.36. The number of hydrogen-bond acceptors (Lipinski definition) is 7. The number of aliphatic carboxylic acids is 1. The van der Waals surface area contributed by atoms with Gasteiger partial charge in [-0.15, -0.1) is 6.58 Å². The molecule has 1 aromatic rings. The van der Waals surface area contributed by atoms with E-state index in [4.69, 9.17) is 9.47 Å². The van der Waals surface area contributed by atoms with Crippen molar-refractivity contribution in [3.63, 3.8) is 0 Å². The molecule has 0 spiro atoms. The van der Waals surface area contributed by atoms with Gasteiger partial charge in [0, 0.05) is 18.0 Å². The summed E-state index contributed by atoms with van der Waals surface area (Å²) in [5, 5.41) is 17.0. The predicted molar refractivity (Wildman–Crippen MR) is 155 cm³/mol. The Bertz CT molecular complexity index is 1350. The molecule has 1 saturated carbocycles. The average molecular weight is 641 g/mol. The Kier molecular flexibility index (Phi) is 9.85. The van der Waals surface area contributed by atoms with Gasteiger partial charge in [-0.05, 0) is 50.8 Å². The van der Waals surface area contributed by atoms with Gasteiger partial charge in [0.15, 0.2) is 0 Å². The Balaban J connectivity index is 1.86. The van der Waals surface area contributed by atoms with Crippen LogP contribution in [0.15, 0.2) is 36.9 Å². The molecule has 1 aliphatic heterocycles. The number of carboxylic acid groups (broad SMARTS) is 1. The maximum absolute atomic E-state index is 14.0. The Labute approximate surface area is 258 Å². The minimum absolute atomic E-state index is 0.0857. The second-order valence-electron chi connectivity index (χ2n) is 13.2. The van der Waals surface area contributed by atoms with E-state index in [1.807, 2.05) is 0 Å². The molecule has 12 nitrogen and oxygen atoms in total. The van der Waals surface area contributed by atoms with E-state index in [9.17, 15) is 42.3 Å². The maximum Gasteiger partial charge on any atom is 0.416 e. The van der Waals surface area contributed by atoms with Crippen LogP contribution in [-0.2, 0) is 30.0 Å². The predicted octanol–water partition coefficient (Wildman–Crippen LogP) is 4.31. The maximum atomic E-state index is 14.0. The third kappa shape index (κ3) is 8.66. The molecule has 0 radical (unpaired) electrons. The summed E-state index contributed by atoms with van der Waals surface area (Å²) in [7, 11) is 0. The second kappa shape index (κ2) is 12.6. The van der Waals surface area contributed by atoms with E-state index < -0.39 is 82.4 Å². The Morgan fingerprint density at radius 3 is 2.24 bits per heavy atom. The zero-order chi connectivity index (χ0) is 34.1. The molecule has 1 saturated heterocycles. The van der Waals surface area contributed by atoms with E-state index in [0.717, 1.165) is 23.1 Å². The van der Waals surface area contributed by atoms with Crippen LogP contribution in [0.1, 0.15) is 59.9 Å². The summed E-state index contributed by atoms with van der Waals surface area (Å²) in [6.07, 6.45) is -6.56. The van der Waals surface area contributed by atoms with E-state index >= 15 is 0 Å². The normalized spacial score (nSPS) is 23.8. The number of carbonyl (C=O) groups excluding carboxylic acids is 4. The molecule has 4 N–H and O–H groups in total. The zero-order valence-corrected chi connectivity index (χ0v) is 25.9. The van der Waals surface area contributed by atoms with Crippen LogP contribution in [-0.4, -0.2) is 75.8 Å². The van der Waals surface area contributed by atoms with E-state index in [-0.39, 0.29) is 25.1 Å². The number of carbonyl (C=O) groups is 5. The lowest BCUT2D eigenvalue weighted by Gasteiger charge is -2.35. The summed E-state index contributed by atoms with van der Waals surface area (Å²) in [5.74, 6) is -3.39. The summed E-state index contributed by atoms with van der Waals surface area (Å²) in [6, 6.07) is 1.33. The van der Waals surface area contributed by atoms with Gasteiger partial charge >= 0.3 is 24.3 Å². The highest BCUT2D eigenvalue weighted by Gasteiger charge is 2.61. The Morgan fingerprint density at radius 2 is 1.73 bits per heavy atom. The van der Waals surface area contributed by atoms with Crippen LogP contribution in [0.5, 0.6) is 0 Å². The summed E-state index contributed by atoms with van der Waals surface area (Å²) in [4.78, 5) is 66.0. The molecular formula is C30H39F3N4O8. The highest BCUT2D eigenvalue weighted by Crippen LogP contribution is 2.45. The highest BCUT2D eigenvalue weighted by molar-refractivity contribution is 5.96. The summed E-state index contributed by atoms with van der Waals surface area (Å²) in [6.45, 7) is 13.2. The lowest BCUT2D eigenvalue weighted by Crippen LogP contribution is -2.59. The fourth-order valence-electron chi connectivity index (χ4n) is 5.01. The molecule has 1 aromatic carbocycles. The standard InChI is InChI=1S/C30H39F3N4O8/c1-8-16-14-29(16,24(40)41)36-22(38)20-13-19(44-25(42)34-18-11-9-10-17(12-18)30(31,32)33)15-37(20)23(39)21(27(2,3)4)35-26(43)45-28(5,6)7/h8-12,16,19-21H,1,13-15H2,2-7H3,(H,34,42)(H,35,43)(H,36,38)(H,40,41). The molecule has 1 aliphatic carbocycles. The molecule has 5 atom stereocenters. The number of hydrogen-bond donors (Lipinski definition) is 4. The zero-order valence-electron chi connectivity index (χ0n) is 25.9. The first-order chi connectivity index (χ1) is 20.6. The van der Waals surface area contributed by atoms with Crippen molar-refractivity contribution in [1.29, 1.82) is 0 Å². The van der Waals surface area contributed by atoms with Crippen molar-refractivity contribution in [2.75, 3.05) is 11.9 Å². The van der Waals surface area contributed by atoms with Gasteiger partial charge in [0.2, 0.25) is 11.8 Å². The molecule has 2 aliphatic rings. The number of carboxylic acids is 1. The van der Waals surface area contributed by atoms with E-state index in [2.05, 4.69) is 22.5 Å². The number of nitrogens with zero attached hydrogens (tertiary/aromatic N) is 1. The largest absolute Gasteiger partial charge is 0.479 e. The first kappa shape index (κ1) is 35.2. The minimum Gasteiger partial charge on any atom is -0.479 e. The smallest absolute Gasteiger partial charge is 0.416 e. The fourth-order valence-corrected chi connectivity index (χ4v) is 5.01. The van der Waals surface area contributed by atoms with Crippen LogP contribution in [0.3, 0.4) is 0 Å². The fraction of sp³-hybridized carbons (Fsp3) is 0.567. The van der Waals surface area contributed by atoms with Gasteiger partial charge in [0.05, 0.1) is 12.1 Å². The van der Waals surface area contributed by atoms with E-state index in [1.54, 1.807) is 41.5 Å². The van der Waals surface area contributed by atoms with Gasteiger partial charge in [-0.25, -0.2) is 14.4 Å². The molecule has 15 heteroatoms. The molecule has 0 bridgehead atoms. The molecule has 4 amide bonds. The number of amides is 4. The molecule has 248 valence electrons. The lowest BCUT2D eigenvalue weighted by molar-refractivity contribution is -0.146. The number of halogens is 3. The highest BCUT2D eigenvalue weighted by atomic mass is 19.4. The van der Waals surface area contributed by atoms with Gasteiger partial charge < -0.3 is 30.1 Å². The van der Waals surface area contributed by atoms with Crippen LogP contribution < -0.4 is 16.0 Å². The number of rotatable bonds is 8. The van der Waals surface area contributed by atoms with Gasteiger partial charge in [-0.3, -0.25) is 14.9 Å². The number of ether oxygens (including phenoxy) is 2. The average Bonchev–Trinajstić information content (AvgIpc) is 3.45. The van der Waals surface area contributed by atoms with Crippen LogP contribution >= 0.6 is 0 Å². The number of likely N-dealkylation sites (tertiary alicyclic amines) is 1. The van der Waals surface area contributed by atoms with Crippen molar-refractivity contribution in [3.8, 4) is 0 Å². The molecule has 0 aromatic heterocycles. The van der Waals surface area contributed by atoms with Gasteiger partial charge in [-0.2, -0.15) is 13.2 Å². The number of alkyl halides is 3. The SMILES string of the molecule is C=CC1CC1(NC(=O)C1CC(OC(=O)Nc2cccc(C(F)(F)F)c2)CN1C(=O)C(NC(=O)OC(C)(C)C)C(C)(C)C)C(=O)O. The molecular weight excluding hydrogens is 601 g/mol.